The normalized spacial score (nSPS) is 17.0. The van der Waals surface area contributed by atoms with Crippen LogP contribution in [0.2, 0.25) is 0 Å². The number of ether oxygens (including phenoxy) is 1. The van der Waals surface area contributed by atoms with Crippen LogP contribution in [-0.2, 0) is 20.7 Å². The van der Waals surface area contributed by atoms with Gasteiger partial charge in [-0.05, 0) is 23.1 Å². The highest BCUT2D eigenvalue weighted by Crippen LogP contribution is 2.32. The van der Waals surface area contributed by atoms with E-state index in [4.69, 9.17) is 4.74 Å². The molecule has 4 heteroatoms. The fourth-order valence-corrected chi connectivity index (χ4v) is 4.29. The number of allylic oxidation sites excluding steroid dienone is 1. The molecule has 1 atom stereocenters. The number of amides is 1. The number of likely N-dealkylation sites (tertiary alicyclic amines) is 1. The lowest BCUT2D eigenvalue weighted by Crippen LogP contribution is -2.43. The molecule has 3 aromatic rings. The average Bonchev–Trinajstić information content (AvgIpc) is 3.29. The van der Waals surface area contributed by atoms with E-state index < -0.39 is 12.0 Å². The molecule has 32 heavy (non-hydrogen) atoms. The molecule has 0 aromatic heterocycles. The van der Waals surface area contributed by atoms with Crippen molar-refractivity contribution in [2.45, 2.75) is 24.8 Å². The molecular weight excluding hydrogens is 398 g/mol. The number of hydrogen-bond acceptors (Lipinski definition) is 3. The second-order valence-corrected chi connectivity index (χ2v) is 8.02. The molecule has 1 saturated heterocycles. The Morgan fingerprint density at radius 2 is 1.44 bits per heavy atom. The van der Waals surface area contributed by atoms with Gasteiger partial charge in [0.15, 0.2) is 0 Å². The first-order valence-corrected chi connectivity index (χ1v) is 10.9. The van der Waals surface area contributed by atoms with Crippen molar-refractivity contribution in [3.63, 3.8) is 0 Å². The van der Waals surface area contributed by atoms with Crippen molar-refractivity contribution in [1.29, 1.82) is 0 Å². The molecule has 0 radical (unpaired) electrons. The van der Waals surface area contributed by atoms with E-state index in [9.17, 15) is 9.59 Å². The quantitative estimate of drug-likeness (QED) is 0.423. The second kappa shape index (κ2) is 10.1. The summed E-state index contributed by atoms with van der Waals surface area (Å²) in [7, 11) is 1.38. The van der Waals surface area contributed by atoms with Crippen LogP contribution < -0.4 is 0 Å². The maximum absolute atomic E-state index is 13.9. The Morgan fingerprint density at radius 3 is 1.97 bits per heavy atom. The zero-order chi connectivity index (χ0) is 22.3. The number of carbonyl (C=O) groups excluding carboxylic acids is 2. The molecular formula is C28H27NO3. The molecule has 1 heterocycles. The van der Waals surface area contributed by atoms with Crippen molar-refractivity contribution >= 4 is 11.9 Å². The summed E-state index contributed by atoms with van der Waals surface area (Å²) in [6, 6.07) is 29.0. The molecule has 0 bridgehead atoms. The number of rotatable bonds is 6. The van der Waals surface area contributed by atoms with Crippen LogP contribution in [0.5, 0.6) is 0 Å². The molecule has 162 valence electrons. The topological polar surface area (TPSA) is 46.6 Å². The molecule has 1 fully saturated rings. The summed E-state index contributed by atoms with van der Waals surface area (Å²) in [5, 5.41) is 0. The lowest BCUT2D eigenvalue weighted by atomic mass is 9.90. The van der Waals surface area contributed by atoms with Gasteiger partial charge in [-0.2, -0.15) is 0 Å². The molecule has 3 aromatic carbocycles. The zero-order valence-corrected chi connectivity index (χ0v) is 18.2. The Morgan fingerprint density at radius 1 is 0.906 bits per heavy atom. The molecule has 0 unspecified atom stereocenters. The molecule has 4 nitrogen and oxygen atoms in total. The number of benzene rings is 3. The molecule has 1 aliphatic rings. The highest BCUT2D eigenvalue weighted by molar-refractivity contribution is 5.92. The summed E-state index contributed by atoms with van der Waals surface area (Å²) in [6.07, 6.45) is 3.41. The van der Waals surface area contributed by atoms with Crippen LogP contribution in [0.25, 0.3) is 0 Å². The van der Waals surface area contributed by atoms with Gasteiger partial charge in [-0.1, -0.05) is 103 Å². The van der Waals surface area contributed by atoms with Gasteiger partial charge in [0.1, 0.15) is 6.04 Å². The average molecular weight is 426 g/mol. The van der Waals surface area contributed by atoms with Gasteiger partial charge in [0.2, 0.25) is 5.91 Å². The zero-order valence-electron chi connectivity index (χ0n) is 18.2. The standard InChI is InChI=1S/C28H27NO3/c1-32-28(31)25-19-22(18-17-21-11-5-2-6-12-21)20-29(25)27(30)26(23-13-7-3-8-14-23)24-15-9-4-10-16-24/h2-16,18,25-26H,17,19-20H2,1H3/t25-/m0/s1. The maximum atomic E-state index is 13.9. The van der Waals surface area contributed by atoms with E-state index in [0.717, 1.165) is 23.1 Å². The van der Waals surface area contributed by atoms with Crippen molar-refractivity contribution < 1.29 is 14.3 Å². The highest BCUT2D eigenvalue weighted by atomic mass is 16.5. The first kappa shape index (κ1) is 21.6. The summed E-state index contributed by atoms with van der Waals surface area (Å²) in [5.41, 5.74) is 4.10. The van der Waals surface area contributed by atoms with Crippen LogP contribution in [0.4, 0.5) is 0 Å². The third kappa shape index (κ3) is 4.80. The Kier molecular flexibility index (Phi) is 6.81. The predicted molar refractivity (Wildman–Crippen MR) is 125 cm³/mol. The Bertz CT molecular complexity index is 1040. The molecule has 4 rings (SSSR count). The summed E-state index contributed by atoms with van der Waals surface area (Å²) in [4.78, 5) is 28.2. The van der Waals surface area contributed by atoms with Gasteiger partial charge in [0.25, 0.3) is 0 Å². The van der Waals surface area contributed by atoms with Gasteiger partial charge in [0, 0.05) is 13.0 Å². The summed E-state index contributed by atoms with van der Waals surface area (Å²) in [6.45, 7) is 0.432. The number of nitrogens with zero attached hydrogens (tertiary/aromatic N) is 1. The van der Waals surface area contributed by atoms with Crippen LogP contribution in [0.3, 0.4) is 0 Å². The lowest BCUT2D eigenvalue weighted by Gasteiger charge is -2.27. The smallest absolute Gasteiger partial charge is 0.328 e. The highest BCUT2D eigenvalue weighted by Gasteiger charge is 2.40. The molecule has 0 N–H and O–H groups in total. The van der Waals surface area contributed by atoms with E-state index in [0.29, 0.717) is 13.0 Å². The first-order valence-electron chi connectivity index (χ1n) is 10.9. The fourth-order valence-electron chi connectivity index (χ4n) is 4.29. The molecule has 1 amide bonds. The van der Waals surface area contributed by atoms with Gasteiger partial charge in [-0.25, -0.2) is 4.79 Å². The van der Waals surface area contributed by atoms with E-state index in [1.54, 1.807) is 4.90 Å². The minimum Gasteiger partial charge on any atom is -0.467 e. The number of methoxy groups -OCH3 is 1. The third-order valence-electron chi connectivity index (χ3n) is 5.94. The first-order chi connectivity index (χ1) is 15.7. The van der Waals surface area contributed by atoms with E-state index in [1.165, 1.54) is 12.7 Å². The summed E-state index contributed by atoms with van der Waals surface area (Å²) >= 11 is 0. The van der Waals surface area contributed by atoms with Gasteiger partial charge in [0.05, 0.1) is 13.0 Å². The minimum absolute atomic E-state index is 0.0825. The summed E-state index contributed by atoms with van der Waals surface area (Å²) in [5.74, 6) is -0.930. The summed E-state index contributed by atoms with van der Waals surface area (Å²) < 4.78 is 5.06. The molecule has 0 saturated carbocycles. The van der Waals surface area contributed by atoms with Crippen LogP contribution in [0, 0.1) is 0 Å². The second-order valence-electron chi connectivity index (χ2n) is 8.02. The molecule has 0 aliphatic carbocycles. The number of esters is 1. The van der Waals surface area contributed by atoms with Crippen molar-refractivity contribution in [2.75, 3.05) is 13.7 Å². The van der Waals surface area contributed by atoms with Gasteiger partial charge in [-0.3, -0.25) is 4.79 Å². The van der Waals surface area contributed by atoms with Crippen LogP contribution in [0.15, 0.2) is 103 Å². The van der Waals surface area contributed by atoms with Crippen LogP contribution in [0.1, 0.15) is 29.0 Å². The van der Waals surface area contributed by atoms with Crippen molar-refractivity contribution in [2.24, 2.45) is 0 Å². The molecule has 0 spiro atoms. The monoisotopic (exact) mass is 425 g/mol. The van der Waals surface area contributed by atoms with E-state index in [-0.39, 0.29) is 11.9 Å². The Hall–Kier alpha value is -3.66. The van der Waals surface area contributed by atoms with Crippen molar-refractivity contribution in [1.82, 2.24) is 4.90 Å². The van der Waals surface area contributed by atoms with Gasteiger partial charge in [-0.15, -0.1) is 0 Å². The number of carbonyl (C=O) groups is 2. The van der Waals surface area contributed by atoms with Gasteiger partial charge < -0.3 is 9.64 Å². The predicted octanol–water partition coefficient (Wildman–Crippen LogP) is 4.76. The minimum atomic E-state index is -0.607. The van der Waals surface area contributed by atoms with E-state index in [2.05, 4.69) is 18.2 Å². The fraction of sp³-hybridized carbons (Fsp3) is 0.214. The number of hydrogen-bond donors (Lipinski definition) is 0. The van der Waals surface area contributed by atoms with Crippen molar-refractivity contribution in [3.05, 3.63) is 119 Å². The lowest BCUT2D eigenvalue weighted by molar-refractivity contribution is -0.151. The van der Waals surface area contributed by atoms with Crippen LogP contribution in [-0.4, -0.2) is 36.5 Å². The van der Waals surface area contributed by atoms with E-state index in [1.807, 2.05) is 78.9 Å². The Labute approximate surface area is 189 Å². The van der Waals surface area contributed by atoms with Crippen molar-refractivity contribution in [3.8, 4) is 0 Å². The largest absolute Gasteiger partial charge is 0.467 e. The third-order valence-corrected chi connectivity index (χ3v) is 5.94. The SMILES string of the molecule is COC(=O)[C@@H]1CC(=CCc2ccccc2)CN1C(=O)C(c1ccccc1)c1ccccc1. The van der Waals surface area contributed by atoms with E-state index >= 15 is 0 Å². The van der Waals surface area contributed by atoms with Gasteiger partial charge >= 0.3 is 5.97 Å². The Balaban J connectivity index is 1.64. The molecule has 1 aliphatic heterocycles. The van der Waals surface area contributed by atoms with Crippen LogP contribution >= 0.6 is 0 Å². The maximum Gasteiger partial charge on any atom is 0.328 e.